The van der Waals surface area contributed by atoms with Gasteiger partial charge in [0.1, 0.15) is 9.46 Å². The van der Waals surface area contributed by atoms with Crippen LogP contribution in [0, 0.1) is 13.8 Å². The second-order valence-corrected chi connectivity index (χ2v) is 14.0. The largest absolute Gasteiger partial charge is 0.301 e. The molecule has 39 heavy (non-hydrogen) atoms. The number of anilines is 2. The number of carbonyl (C=O) groups is 1. The number of aryl methyl sites for hydroxylation is 2. The molecule has 5 aromatic rings. The highest BCUT2D eigenvalue weighted by Crippen LogP contribution is 2.38. The first kappa shape index (κ1) is 27.1. The van der Waals surface area contributed by atoms with Gasteiger partial charge in [-0.05, 0) is 55.1 Å². The summed E-state index contributed by atoms with van der Waals surface area (Å²) >= 11 is 4.00. The van der Waals surface area contributed by atoms with Crippen molar-refractivity contribution in [3.8, 4) is 11.3 Å². The maximum atomic E-state index is 13.5. The zero-order chi connectivity index (χ0) is 27.4. The summed E-state index contributed by atoms with van der Waals surface area (Å²) in [6.45, 7) is 4.04. The maximum Gasteiger partial charge on any atom is 0.271 e. The Bertz CT molecular complexity index is 1660. The van der Waals surface area contributed by atoms with E-state index in [1.165, 1.54) is 28.7 Å². The highest BCUT2D eigenvalue weighted by Gasteiger charge is 2.24. The Labute approximate surface area is 240 Å². The van der Waals surface area contributed by atoms with Crippen LogP contribution in [0.25, 0.3) is 11.3 Å². The van der Waals surface area contributed by atoms with Gasteiger partial charge in [-0.3, -0.25) is 9.52 Å². The minimum atomic E-state index is -3.63. The number of hydrogen-bond donors (Lipinski definition) is 2. The van der Waals surface area contributed by atoms with E-state index in [1.807, 2.05) is 80.6 Å². The fourth-order valence-electron chi connectivity index (χ4n) is 3.86. The molecule has 2 aromatic heterocycles. The van der Waals surface area contributed by atoms with Gasteiger partial charge in [-0.2, -0.15) is 0 Å². The number of rotatable bonds is 9. The van der Waals surface area contributed by atoms with Gasteiger partial charge in [0.15, 0.2) is 5.13 Å². The Morgan fingerprint density at radius 1 is 0.897 bits per heavy atom. The Balaban J connectivity index is 1.34. The number of thioether (sulfide) groups is 1. The summed E-state index contributed by atoms with van der Waals surface area (Å²) in [5.74, 6) is -0.183. The summed E-state index contributed by atoms with van der Waals surface area (Å²) in [7, 11) is -3.63. The van der Waals surface area contributed by atoms with E-state index in [1.54, 1.807) is 29.6 Å². The zero-order valence-corrected chi connectivity index (χ0v) is 24.4. The molecule has 0 aliphatic carbocycles. The first-order valence-corrected chi connectivity index (χ1v) is 16.1. The molecule has 0 saturated carbocycles. The molecule has 0 aliphatic heterocycles. The highest BCUT2D eigenvalue weighted by atomic mass is 32.2. The third-order valence-corrected chi connectivity index (χ3v) is 10.7. The van der Waals surface area contributed by atoms with Crippen molar-refractivity contribution in [1.82, 2.24) is 4.98 Å². The molecule has 0 bridgehead atoms. The van der Waals surface area contributed by atoms with Gasteiger partial charge in [0.25, 0.3) is 10.0 Å². The summed E-state index contributed by atoms with van der Waals surface area (Å²) < 4.78 is 27.9. The van der Waals surface area contributed by atoms with Crippen molar-refractivity contribution < 1.29 is 13.2 Å². The Hall–Kier alpha value is -3.44. The van der Waals surface area contributed by atoms with E-state index in [-0.39, 0.29) is 10.1 Å². The molecule has 1 atom stereocenters. The van der Waals surface area contributed by atoms with Gasteiger partial charge < -0.3 is 5.32 Å². The first-order chi connectivity index (χ1) is 18.8. The number of sulfonamides is 1. The van der Waals surface area contributed by atoms with Crippen LogP contribution in [0.1, 0.15) is 21.3 Å². The zero-order valence-electron chi connectivity index (χ0n) is 21.1. The summed E-state index contributed by atoms with van der Waals surface area (Å²) in [5, 5.41) is 4.75. The molecule has 2 heterocycles. The van der Waals surface area contributed by atoms with Crippen molar-refractivity contribution in [3.05, 3.63) is 112 Å². The van der Waals surface area contributed by atoms with Crippen LogP contribution in [-0.4, -0.2) is 19.3 Å². The molecule has 0 aliphatic rings. The quantitative estimate of drug-likeness (QED) is 0.171. The van der Waals surface area contributed by atoms with Crippen molar-refractivity contribution in [2.75, 3.05) is 10.0 Å². The standard InChI is InChI=1S/C29H25N3O3S4/c1-19-10-12-21(13-11-19)26-20(2)37-29(30-26)31-28(33)27(22-7-4-3-5-8-22)38-24-16-14-23(15-17-24)32-39(34,35)25-9-6-18-36-25/h3-18,27,32H,1-2H3,(H,30,31,33). The molecule has 0 fully saturated rings. The van der Waals surface area contributed by atoms with Crippen LogP contribution in [0.2, 0.25) is 0 Å². The molecular weight excluding hydrogens is 567 g/mol. The molecule has 10 heteroatoms. The van der Waals surface area contributed by atoms with Crippen molar-refractivity contribution in [2.24, 2.45) is 0 Å². The van der Waals surface area contributed by atoms with Gasteiger partial charge in [0.05, 0.1) is 5.69 Å². The lowest BCUT2D eigenvalue weighted by Crippen LogP contribution is -2.19. The Morgan fingerprint density at radius 3 is 2.28 bits per heavy atom. The average molecular weight is 592 g/mol. The second kappa shape index (κ2) is 11.7. The van der Waals surface area contributed by atoms with Crippen LogP contribution in [0.5, 0.6) is 0 Å². The lowest BCUT2D eigenvalue weighted by molar-refractivity contribution is -0.115. The number of nitrogens with one attached hydrogen (secondary N) is 2. The molecule has 3 aromatic carbocycles. The lowest BCUT2D eigenvalue weighted by Gasteiger charge is -2.16. The van der Waals surface area contributed by atoms with Crippen molar-refractivity contribution in [1.29, 1.82) is 0 Å². The van der Waals surface area contributed by atoms with Crippen molar-refractivity contribution in [3.63, 3.8) is 0 Å². The fourth-order valence-corrected chi connectivity index (χ4v) is 7.78. The van der Waals surface area contributed by atoms with E-state index in [0.29, 0.717) is 10.8 Å². The molecule has 198 valence electrons. The monoisotopic (exact) mass is 591 g/mol. The SMILES string of the molecule is Cc1ccc(-c2nc(NC(=O)C(Sc3ccc(NS(=O)(=O)c4cccs4)cc3)c3ccccc3)sc2C)cc1. The highest BCUT2D eigenvalue weighted by molar-refractivity contribution is 8.00. The number of hydrogen-bond acceptors (Lipinski definition) is 7. The number of amides is 1. The Morgan fingerprint density at radius 2 is 1.62 bits per heavy atom. The average Bonchev–Trinajstić information content (AvgIpc) is 3.60. The summed E-state index contributed by atoms with van der Waals surface area (Å²) in [6, 6.07) is 28.0. The van der Waals surface area contributed by atoms with Gasteiger partial charge in [0, 0.05) is 21.0 Å². The van der Waals surface area contributed by atoms with Crippen LogP contribution in [0.15, 0.2) is 105 Å². The van der Waals surface area contributed by atoms with Crippen molar-refractivity contribution >= 4 is 61.2 Å². The number of carbonyl (C=O) groups excluding carboxylic acids is 1. The normalized spacial score (nSPS) is 12.2. The molecule has 1 amide bonds. The van der Waals surface area contributed by atoms with E-state index in [2.05, 4.69) is 10.0 Å². The summed E-state index contributed by atoms with van der Waals surface area (Å²) in [5.41, 5.74) is 4.36. The Kier molecular flexibility index (Phi) is 8.18. The number of thiazole rings is 1. The van der Waals surface area contributed by atoms with Gasteiger partial charge in [-0.15, -0.1) is 34.4 Å². The van der Waals surface area contributed by atoms with E-state index < -0.39 is 15.3 Å². The fraction of sp³-hybridized carbons (Fsp3) is 0.103. The third-order valence-electron chi connectivity index (χ3n) is 5.81. The molecule has 6 nitrogen and oxygen atoms in total. The molecule has 1 unspecified atom stereocenters. The summed E-state index contributed by atoms with van der Waals surface area (Å²) in [6.07, 6.45) is 0. The third kappa shape index (κ3) is 6.59. The number of nitrogens with zero attached hydrogens (tertiary/aromatic N) is 1. The molecule has 0 spiro atoms. The van der Waals surface area contributed by atoms with E-state index >= 15 is 0 Å². The first-order valence-electron chi connectivity index (χ1n) is 12.0. The smallest absolute Gasteiger partial charge is 0.271 e. The minimum Gasteiger partial charge on any atom is -0.301 e. The molecule has 0 radical (unpaired) electrons. The molecule has 5 rings (SSSR count). The van der Waals surface area contributed by atoms with Crippen LogP contribution in [0.3, 0.4) is 0 Å². The predicted octanol–water partition coefficient (Wildman–Crippen LogP) is 7.76. The van der Waals surface area contributed by atoms with Crippen LogP contribution in [0.4, 0.5) is 10.8 Å². The number of aromatic nitrogens is 1. The summed E-state index contributed by atoms with van der Waals surface area (Å²) in [4.78, 5) is 20.1. The van der Waals surface area contributed by atoms with E-state index in [9.17, 15) is 13.2 Å². The predicted molar refractivity (Wildman–Crippen MR) is 162 cm³/mol. The van der Waals surface area contributed by atoms with Gasteiger partial charge in [0.2, 0.25) is 5.91 Å². The second-order valence-electron chi connectivity index (χ2n) is 8.75. The van der Waals surface area contributed by atoms with Crippen LogP contribution >= 0.6 is 34.4 Å². The number of thiophene rings is 1. The van der Waals surface area contributed by atoms with E-state index in [0.717, 1.165) is 37.9 Å². The van der Waals surface area contributed by atoms with E-state index in [4.69, 9.17) is 4.98 Å². The van der Waals surface area contributed by atoms with Crippen LogP contribution in [-0.2, 0) is 14.8 Å². The van der Waals surface area contributed by atoms with Gasteiger partial charge in [-0.1, -0.05) is 66.2 Å². The maximum absolute atomic E-state index is 13.5. The number of benzene rings is 3. The lowest BCUT2D eigenvalue weighted by atomic mass is 10.1. The van der Waals surface area contributed by atoms with Gasteiger partial charge >= 0.3 is 0 Å². The van der Waals surface area contributed by atoms with Gasteiger partial charge in [-0.25, -0.2) is 13.4 Å². The molecule has 0 saturated heterocycles. The van der Waals surface area contributed by atoms with Crippen molar-refractivity contribution in [2.45, 2.75) is 28.2 Å². The van der Waals surface area contributed by atoms with Crippen LogP contribution < -0.4 is 10.0 Å². The minimum absolute atomic E-state index is 0.183. The molecular formula is C29H25N3O3S4. The topological polar surface area (TPSA) is 88.2 Å². The molecule has 2 N–H and O–H groups in total.